The van der Waals surface area contributed by atoms with Crippen LogP contribution in [0.15, 0.2) is 194 Å². The van der Waals surface area contributed by atoms with E-state index in [1.807, 2.05) is 6.07 Å². The van der Waals surface area contributed by atoms with Crippen molar-refractivity contribution in [3.63, 3.8) is 0 Å². The Balaban J connectivity index is 1.24. The van der Waals surface area contributed by atoms with E-state index in [2.05, 4.69) is 193 Å². The van der Waals surface area contributed by atoms with Crippen LogP contribution < -0.4 is 0 Å². The maximum absolute atomic E-state index is 5.27. The van der Waals surface area contributed by atoms with E-state index in [-0.39, 0.29) is 0 Å². The molecule has 0 aliphatic heterocycles. The van der Waals surface area contributed by atoms with Crippen molar-refractivity contribution in [1.29, 1.82) is 0 Å². The van der Waals surface area contributed by atoms with Gasteiger partial charge in [0.1, 0.15) is 0 Å². The molecule has 0 unspecified atom stereocenters. The summed E-state index contributed by atoms with van der Waals surface area (Å²) >= 11 is 0. The number of fused-ring (bicyclic) bond motifs is 4. The van der Waals surface area contributed by atoms with E-state index in [9.17, 15) is 0 Å². The molecule has 0 amide bonds. The Morgan fingerprint density at radius 3 is 1.47 bits per heavy atom. The maximum Gasteiger partial charge on any atom is 0.164 e. The Morgan fingerprint density at radius 1 is 0.302 bits per heavy atom. The molecule has 2 heterocycles. The predicted octanol–water partition coefficient (Wildman–Crippen LogP) is 12.5. The fraction of sp³-hybridized carbons (Fsp3) is 0. The van der Waals surface area contributed by atoms with E-state index in [1.165, 1.54) is 16.2 Å². The monoisotopic (exact) mass is 676 g/mol. The number of benzene rings is 8. The first kappa shape index (κ1) is 30.6. The molecular formula is C49H32N4. The lowest BCUT2D eigenvalue weighted by molar-refractivity contribution is 1.07. The number of rotatable bonds is 6. The summed E-state index contributed by atoms with van der Waals surface area (Å²) < 4.78 is 2.38. The summed E-state index contributed by atoms with van der Waals surface area (Å²) in [5, 5.41) is 4.74. The van der Waals surface area contributed by atoms with Crippen LogP contribution >= 0.6 is 0 Å². The van der Waals surface area contributed by atoms with Gasteiger partial charge in [0.15, 0.2) is 17.5 Å². The van der Waals surface area contributed by atoms with Gasteiger partial charge in [-0.1, -0.05) is 170 Å². The number of para-hydroxylation sites is 2. The van der Waals surface area contributed by atoms with Gasteiger partial charge < -0.3 is 4.57 Å². The molecule has 0 saturated heterocycles. The molecule has 2 aromatic heterocycles. The minimum absolute atomic E-state index is 0.614. The first-order chi connectivity index (χ1) is 26.3. The second-order valence-electron chi connectivity index (χ2n) is 13.2. The molecule has 4 heteroatoms. The third kappa shape index (κ3) is 5.45. The van der Waals surface area contributed by atoms with Gasteiger partial charge in [0.2, 0.25) is 0 Å². The molecule has 0 radical (unpaired) electrons. The van der Waals surface area contributed by atoms with Gasteiger partial charge in [-0.05, 0) is 51.7 Å². The van der Waals surface area contributed by atoms with Crippen molar-refractivity contribution in [2.45, 2.75) is 0 Å². The Hall–Kier alpha value is -7.17. The average Bonchev–Trinajstić information content (AvgIpc) is 3.58. The van der Waals surface area contributed by atoms with Crippen molar-refractivity contribution in [1.82, 2.24) is 19.5 Å². The highest BCUT2D eigenvalue weighted by molar-refractivity contribution is 6.09. The van der Waals surface area contributed by atoms with Crippen LogP contribution in [0.1, 0.15) is 0 Å². The largest absolute Gasteiger partial charge is 0.309 e. The van der Waals surface area contributed by atoms with Crippen molar-refractivity contribution in [3.8, 4) is 62.1 Å². The number of nitrogens with zero attached hydrogens (tertiary/aromatic N) is 4. The summed E-state index contributed by atoms with van der Waals surface area (Å²) in [6.07, 6.45) is 0. The minimum atomic E-state index is 0.614. The first-order valence-electron chi connectivity index (χ1n) is 17.9. The van der Waals surface area contributed by atoms with Crippen LogP contribution in [0.5, 0.6) is 0 Å². The lowest BCUT2D eigenvalue weighted by Gasteiger charge is -2.16. The number of hydrogen-bond donors (Lipinski definition) is 0. The van der Waals surface area contributed by atoms with Crippen LogP contribution in [0.4, 0.5) is 0 Å². The third-order valence-corrected chi connectivity index (χ3v) is 10.1. The van der Waals surface area contributed by atoms with Gasteiger partial charge in [-0.3, -0.25) is 0 Å². The van der Waals surface area contributed by atoms with Crippen molar-refractivity contribution >= 4 is 32.6 Å². The van der Waals surface area contributed by atoms with Gasteiger partial charge in [0.25, 0.3) is 0 Å². The molecular weight excluding hydrogens is 645 g/mol. The smallest absolute Gasteiger partial charge is 0.164 e. The summed E-state index contributed by atoms with van der Waals surface area (Å²) in [5.74, 6) is 1.87. The lowest BCUT2D eigenvalue weighted by Crippen LogP contribution is -2.03. The Kier molecular flexibility index (Phi) is 7.43. The molecule has 0 aliphatic rings. The minimum Gasteiger partial charge on any atom is -0.309 e. The van der Waals surface area contributed by atoms with Crippen LogP contribution in [0, 0.1) is 0 Å². The fourth-order valence-corrected chi connectivity index (χ4v) is 7.53. The van der Waals surface area contributed by atoms with Crippen molar-refractivity contribution in [2.75, 3.05) is 0 Å². The molecule has 0 N–H and O–H groups in total. The summed E-state index contributed by atoms with van der Waals surface area (Å²) in [4.78, 5) is 15.7. The Labute approximate surface area is 307 Å². The second kappa shape index (κ2) is 12.9. The maximum atomic E-state index is 5.27. The SMILES string of the molecule is c1ccc(-c2ccccc2-c2nc(-c3ccc(-c4ccccc4)c(-n4c5ccccc5c5ccccc54)c3)nc(-c3ccc4ccccc4c3)n2)cc1. The highest BCUT2D eigenvalue weighted by atomic mass is 15.0. The first-order valence-corrected chi connectivity index (χ1v) is 17.9. The van der Waals surface area contributed by atoms with Gasteiger partial charge in [-0.2, -0.15) is 0 Å². The molecule has 0 fully saturated rings. The number of hydrogen-bond acceptors (Lipinski definition) is 3. The molecule has 4 nitrogen and oxygen atoms in total. The van der Waals surface area contributed by atoms with Gasteiger partial charge in [-0.15, -0.1) is 0 Å². The molecule has 10 rings (SSSR count). The van der Waals surface area contributed by atoms with Gasteiger partial charge >= 0.3 is 0 Å². The van der Waals surface area contributed by atoms with Crippen molar-refractivity contribution in [2.24, 2.45) is 0 Å². The van der Waals surface area contributed by atoms with E-state index < -0.39 is 0 Å². The predicted molar refractivity (Wildman–Crippen MR) is 219 cm³/mol. The van der Waals surface area contributed by atoms with E-state index in [0.717, 1.165) is 61.1 Å². The lowest BCUT2D eigenvalue weighted by atomic mass is 9.98. The second-order valence-corrected chi connectivity index (χ2v) is 13.2. The summed E-state index contributed by atoms with van der Waals surface area (Å²) in [6, 6.07) is 68.1. The van der Waals surface area contributed by atoms with Crippen LogP contribution in [-0.2, 0) is 0 Å². The van der Waals surface area contributed by atoms with Crippen LogP contribution in [-0.4, -0.2) is 19.5 Å². The molecule has 0 aliphatic carbocycles. The highest BCUT2D eigenvalue weighted by Crippen LogP contribution is 2.39. The van der Waals surface area contributed by atoms with Gasteiger partial charge in [0.05, 0.1) is 16.7 Å². The normalized spacial score (nSPS) is 11.4. The van der Waals surface area contributed by atoms with E-state index >= 15 is 0 Å². The summed E-state index contributed by atoms with van der Waals surface area (Å²) in [5.41, 5.74) is 10.6. The van der Waals surface area contributed by atoms with Crippen molar-refractivity contribution in [3.05, 3.63) is 194 Å². The van der Waals surface area contributed by atoms with Gasteiger partial charge in [-0.25, -0.2) is 15.0 Å². The zero-order valence-corrected chi connectivity index (χ0v) is 28.8. The summed E-state index contributed by atoms with van der Waals surface area (Å²) in [7, 11) is 0. The molecule has 0 bridgehead atoms. The van der Waals surface area contributed by atoms with Crippen LogP contribution in [0.3, 0.4) is 0 Å². The van der Waals surface area contributed by atoms with Gasteiger partial charge in [0, 0.05) is 33.0 Å². The van der Waals surface area contributed by atoms with Crippen LogP contribution in [0.25, 0.3) is 94.7 Å². The molecule has 0 spiro atoms. The fourth-order valence-electron chi connectivity index (χ4n) is 7.53. The Morgan fingerprint density at radius 2 is 0.792 bits per heavy atom. The zero-order chi connectivity index (χ0) is 35.1. The molecule has 10 aromatic rings. The molecule has 248 valence electrons. The van der Waals surface area contributed by atoms with Crippen molar-refractivity contribution < 1.29 is 0 Å². The highest BCUT2D eigenvalue weighted by Gasteiger charge is 2.20. The van der Waals surface area contributed by atoms with E-state index in [1.54, 1.807) is 0 Å². The quantitative estimate of drug-likeness (QED) is 0.176. The molecule has 0 saturated carbocycles. The zero-order valence-electron chi connectivity index (χ0n) is 28.8. The average molecular weight is 677 g/mol. The van der Waals surface area contributed by atoms with E-state index in [0.29, 0.717) is 17.5 Å². The molecule has 8 aromatic carbocycles. The standard InChI is InChI=1S/C49H32N4/c1-3-16-34(17-4-1)39-21-9-10-24-43(39)49-51-47(37-28-27-33-15-7-8-20-36(33)31-37)50-48(52-49)38-29-30-40(35-18-5-2-6-19-35)46(32-38)53-44-25-13-11-22-41(44)42-23-12-14-26-45(42)53/h1-32H. The van der Waals surface area contributed by atoms with Crippen LogP contribution in [0.2, 0.25) is 0 Å². The Bertz CT molecular complexity index is 2890. The number of aromatic nitrogens is 4. The third-order valence-electron chi connectivity index (χ3n) is 10.1. The summed E-state index contributed by atoms with van der Waals surface area (Å²) in [6.45, 7) is 0. The molecule has 53 heavy (non-hydrogen) atoms. The van der Waals surface area contributed by atoms with E-state index in [4.69, 9.17) is 15.0 Å². The molecule has 0 atom stereocenters. The topological polar surface area (TPSA) is 43.6 Å².